The van der Waals surface area contributed by atoms with Crippen molar-refractivity contribution in [1.29, 1.82) is 0 Å². The molecule has 0 fully saturated rings. The molecule has 0 aliphatic carbocycles. The predicted molar refractivity (Wildman–Crippen MR) is 70.9 cm³/mol. The van der Waals surface area contributed by atoms with Crippen molar-refractivity contribution in [3.8, 4) is 0 Å². The average Bonchev–Trinajstić information content (AvgIpc) is 2.38. The highest BCUT2D eigenvalue weighted by molar-refractivity contribution is 5.28. The Kier molecular flexibility index (Phi) is 6.95. The van der Waals surface area contributed by atoms with Crippen molar-refractivity contribution >= 4 is 0 Å². The quantitative estimate of drug-likeness (QED) is 0.567. The van der Waals surface area contributed by atoms with Gasteiger partial charge in [-0.05, 0) is 38.5 Å². The maximum Gasteiger partial charge on any atom is 0.419 e. The highest BCUT2D eigenvalue weighted by Crippen LogP contribution is 2.32. The molecule has 1 rings (SSSR count). The van der Waals surface area contributed by atoms with Crippen LogP contribution < -0.4 is 10.6 Å². The molecule has 0 radical (unpaired) electrons. The van der Waals surface area contributed by atoms with Crippen LogP contribution >= 0.6 is 0 Å². The van der Waals surface area contributed by atoms with Crippen LogP contribution in [-0.2, 0) is 12.7 Å². The molecule has 0 heterocycles. The summed E-state index contributed by atoms with van der Waals surface area (Å²) in [5, 5.41) is 6.16. The van der Waals surface area contributed by atoms with E-state index in [4.69, 9.17) is 0 Å². The molecule has 1 aromatic carbocycles. The zero-order valence-electron chi connectivity index (χ0n) is 11.5. The highest BCUT2D eigenvalue weighted by Gasteiger charge is 2.34. The summed E-state index contributed by atoms with van der Waals surface area (Å²) in [6, 6.07) is 3.35. The van der Waals surface area contributed by atoms with Crippen LogP contribution in [0.25, 0.3) is 0 Å². The normalized spacial score (nSPS) is 11.8. The number of alkyl halides is 3. The Hall–Kier alpha value is -1.14. The summed E-state index contributed by atoms with van der Waals surface area (Å²) in [5.41, 5.74) is -1.16. The third-order valence-electron chi connectivity index (χ3n) is 2.83. The molecular formula is C14H20F4N2. The van der Waals surface area contributed by atoms with E-state index in [1.165, 1.54) is 12.1 Å². The van der Waals surface area contributed by atoms with Gasteiger partial charge in [0.2, 0.25) is 0 Å². The van der Waals surface area contributed by atoms with E-state index >= 15 is 0 Å². The van der Waals surface area contributed by atoms with Crippen LogP contribution in [0.1, 0.15) is 30.9 Å². The van der Waals surface area contributed by atoms with Crippen LogP contribution in [0, 0.1) is 5.82 Å². The Labute approximate surface area is 116 Å². The van der Waals surface area contributed by atoms with Gasteiger partial charge >= 0.3 is 6.18 Å². The monoisotopic (exact) mass is 292 g/mol. The number of halogens is 4. The van der Waals surface area contributed by atoms with E-state index in [0.29, 0.717) is 6.54 Å². The number of hydrogen-bond donors (Lipinski definition) is 2. The van der Waals surface area contributed by atoms with E-state index in [0.717, 1.165) is 32.0 Å². The third kappa shape index (κ3) is 5.46. The zero-order chi connectivity index (χ0) is 15.0. The molecule has 0 aromatic heterocycles. The van der Waals surface area contributed by atoms with E-state index in [-0.39, 0.29) is 12.1 Å². The van der Waals surface area contributed by atoms with E-state index < -0.39 is 17.6 Å². The molecule has 0 saturated carbocycles. The first kappa shape index (κ1) is 16.9. The first-order chi connectivity index (χ1) is 9.46. The number of hydrogen-bond acceptors (Lipinski definition) is 2. The lowest BCUT2D eigenvalue weighted by Crippen LogP contribution is -2.23. The van der Waals surface area contributed by atoms with Crippen molar-refractivity contribution in [2.24, 2.45) is 0 Å². The molecular weight excluding hydrogens is 272 g/mol. The molecule has 0 unspecified atom stereocenters. The van der Waals surface area contributed by atoms with Gasteiger partial charge in [-0.3, -0.25) is 0 Å². The molecule has 1 aromatic rings. The average molecular weight is 292 g/mol. The number of nitrogens with one attached hydrogen (secondary N) is 2. The lowest BCUT2D eigenvalue weighted by Gasteiger charge is -2.12. The lowest BCUT2D eigenvalue weighted by molar-refractivity contribution is -0.140. The fourth-order valence-corrected chi connectivity index (χ4v) is 1.80. The first-order valence-electron chi connectivity index (χ1n) is 6.72. The van der Waals surface area contributed by atoms with Gasteiger partial charge in [0.05, 0.1) is 5.56 Å². The Balaban J connectivity index is 2.41. The van der Waals surface area contributed by atoms with Gasteiger partial charge in [0.25, 0.3) is 0 Å². The Morgan fingerprint density at radius 1 is 1.05 bits per heavy atom. The van der Waals surface area contributed by atoms with Crippen molar-refractivity contribution < 1.29 is 17.6 Å². The van der Waals surface area contributed by atoms with Gasteiger partial charge in [0.15, 0.2) is 0 Å². The molecule has 6 heteroatoms. The zero-order valence-corrected chi connectivity index (χ0v) is 11.5. The molecule has 0 saturated heterocycles. The topological polar surface area (TPSA) is 24.1 Å². The summed E-state index contributed by atoms with van der Waals surface area (Å²) in [4.78, 5) is 0. The van der Waals surface area contributed by atoms with E-state index in [1.807, 2.05) is 0 Å². The van der Waals surface area contributed by atoms with Crippen LogP contribution in [-0.4, -0.2) is 19.6 Å². The Morgan fingerprint density at radius 3 is 2.40 bits per heavy atom. The highest BCUT2D eigenvalue weighted by atomic mass is 19.4. The first-order valence-corrected chi connectivity index (χ1v) is 6.72. The minimum atomic E-state index is -4.65. The van der Waals surface area contributed by atoms with Crippen molar-refractivity contribution in [2.75, 3.05) is 19.6 Å². The summed E-state index contributed by atoms with van der Waals surface area (Å²) in [5.74, 6) is -1.18. The van der Waals surface area contributed by atoms with Gasteiger partial charge in [0, 0.05) is 12.1 Å². The molecule has 20 heavy (non-hydrogen) atoms. The summed E-state index contributed by atoms with van der Waals surface area (Å²) in [6.07, 6.45) is -2.74. The lowest BCUT2D eigenvalue weighted by atomic mass is 10.1. The van der Waals surface area contributed by atoms with Crippen molar-refractivity contribution in [3.63, 3.8) is 0 Å². The van der Waals surface area contributed by atoms with Crippen molar-refractivity contribution in [3.05, 3.63) is 35.1 Å². The standard InChI is InChI=1S/C14H20F4N2/c1-2-7-19-8-4-9-20-10-11-5-3-6-12(13(11)15)14(16,17)18/h3,5-6,19-20H,2,4,7-10H2,1H3. The fourth-order valence-electron chi connectivity index (χ4n) is 1.80. The summed E-state index contributed by atoms with van der Waals surface area (Å²) >= 11 is 0. The van der Waals surface area contributed by atoms with Gasteiger partial charge < -0.3 is 10.6 Å². The van der Waals surface area contributed by atoms with Gasteiger partial charge in [-0.25, -0.2) is 4.39 Å². The maximum atomic E-state index is 13.7. The minimum absolute atomic E-state index is 0.0429. The minimum Gasteiger partial charge on any atom is -0.317 e. The van der Waals surface area contributed by atoms with Gasteiger partial charge in [-0.1, -0.05) is 19.1 Å². The SMILES string of the molecule is CCCNCCCNCc1cccc(C(F)(F)F)c1F. The van der Waals surface area contributed by atoms with E-state index in [1.54, 1.807) is 0 Å². The summed E-state index contributed by atoms with van der Waals surface area (Å²) < 4.78 is 51.2. The van der Waals surface area contributed by atoms with Gasteiger partial charge in [-0.15, -0.1) is 0 Å². The van der Waals surface area contributed by atoms with E-state index in [2.05, 4.69) is 17.6 Å². The Morgan fingerprint density at radius 2 is 1.75 bits per heavy atom. The van der Waals surface area contributed by atoms with Crippen LogP contribution in [0.2, 0.25) is 0 Å². The smallest absolute Gasteiger partial charge is 0.317 e. The van der Waals surface area contributed by atoms with E-state index in [9.17, 15) is 17.6 Å². The largest absolute Gasteiger partial charge is 0.419 e. The van der Waals surface area contributed by atoms with Crippen LogP contribution in [0.4, 0.5) is 17.6 Å². The van der Waals surface area contributed by atoms with Crippen LogP contribution in [0.15, 0.2) is 18.2 Å². The second-order valence-corrected chi connectivity index (χ2v) is 4.56. The molecule has 2 nitrogen and oxygen atoms in total. The number of benzene rings is 1. The molecule has 0 atom stereocenters. The molecule has 0 aliphatic heterocycles. The molecule has 114 valence electrons. The summed E-state index contributed by atoms with van der Waals surface area (Å²) in [7, 11) is 0. The summed E-state index contributed by atoms with van der Waals surface area (Å²) in [6.45, 7) is 4.59. The predicted octanol–water partition coefficient (Wildman–Crippen LogP) is 3.32. The van der Waals surface area contributed by atoms with Crippen LogP contribution in [0.3, 0.4) is 0 Å². The molecule has 0 spiro atoms. The third-order valence-corrected chi connectivity index (χ3v) is 2.83. The molecule has 0 bridgehead atoms. The fraction of sp³-hybridized carbons (Fsp3) is 0.571. The molecule has 2 N–H and O–H groups in total. The number of rotatable bonds is 8. The second-order valence-electron chi connectivity index (χ2n) is 4.56. The molecule has 0 aliphatic rings. The van der Waals surface area contributed by atoms with Crippen LogP contribution in [0.5, 0.6) is 0 Å². The van der Waals surface area contributed by atoms with Crippen molar-refractivity contribution in [1.82, 2.24) is 10.6 Å². The second kappa shape index (κ2) is 8.21. The van der Waals surface area contributed by atoms with Gasteiger partial charge in [0.1, 0.15) is 5.82 Å². The maximum absolute atomic E-state index is 13.7. The van der Waals surface area contributed by atoms with Crippen molar-refractivity contribution in [2.45, 2.75) is 32.5 Å². The van der Waals surface area contributed by atoms with Gasteiger partial charge in [-0.2, -0.15) is 13.2 Å². The molecule has 0 amide bonds. The Bertz CT molecular complexity index is 405.